The third kappa shape index (κ3) is 4.37. The summed E-state index contributed by atoms with van der Waals surface area (Å²) in [5.74, 6) is -2.02. The molecule has 0 saturated carbocycles. The van der Waals surface area contributed by atoms with Crippen molar-refractivity contribution in [3.63, 3.8) is 0 Å². The molecule has 0 aliphatic rings. The van der Waals surface area contributed by atoms with E-state index in [1.54, 1.807) is 0 Å². The van der Waals surface area contributed by atoms with Crippen molar-refractivity contribution in [2.45, 2.75) is 0 Å². The van der Waals surface area contributed by atoms with E-state index in [4.69, 9.17) is 9.84 Å². The number of esters is 2. The molecule has 0 spiro atoms. The molecule has 8 heteroatoms. The third-order valence-corrected chi connectivity index (χ3v) is 2.86. The van der Waals surface area contributed by atoms with Gasteiger partial charge in [-0.15, -0.1) is 0 Å². The van der Waals surface area contributed by atoms with Gasteiger partial charge in [0, 0.05) is 0 Å². The summed E-state index contributed by atoms with van der Waals surface area (Å²) in [4.78, 5) is 35.3. The molecule has 0 aliphatic heterocycles. The lowest BCUT2D eigenvalue weighted by Crippen LogP contribution is -2.35. The molecule has 0 radical (unpaired) electrons. The standard InChI is InChI=1S/C14H17NO7/c1-20-11-6-9(14(18)19)4-5-10(11)15(7-12(16)21-2)8-13(17)22-3/h4-6H,7-8H2,1-3H3,(H,18,19). The van der Waals surface area contributed by atoms with Crippen LogP contribution < -0.4 is 9.64 Å². The van der Waals surface area contributed by atoms with E-state index in [0.717, 1.165) is 0 Å². The monoisotopic (exact) mass is 311 g/mol. The second kappa shape index (κ2) is 7.87. The molecule has 0 saturated heterocycles. The van der Waals surface area contributed by atoms with Gasteiger partial charge < -0.3 is 24.2 Å². The van der Waals surface area contributed by atoms with Crippen LogP contribution in [0.5, 0.6) is 5.75 Å². The largest absolute Gasteiger partial charge is 0.495 e. The van der Waals surface area contributed by atoms with Gasteiger partial charge in [0.05, 0.1) is 32.6 Å². The summed E-state index contributed by atoms with van der Waals surface area (Å²) in [7, 11) is 3.81. The molecule has 0 amide bonds. The van der Waals surface area contributed by atoms with Crippen LogP contribution >= 0.6 is 0 Å². The summed E-state index contributed by atoms with van der Waals surface area (Å²) >= 11 is 0. The summed E-state index contributed by atoms with van der Waals surface area (Å²) in [5.41, 5.74) is 0.403. The highest BCUT2D eigenvalue weighted by molar-refractivity contribution is 5.90. The van der Waals surface area contributed by atoms with Crippen molar-refractivity contribution < 1.29 is 33.7 Å². The minimum Gasteiger partial charge on any atom is -0.495 e. The summed E-state index contributed by atoms with van der Waals surface area (Å²) in [6.07, 6.45) is 0. The number of nitrogens with zero attached hydrogens (tertiary/aromatic N) is 1. The maximum absolute atomic E-state index is 11.5. The van der Waals surface area contributed by atoms with Crippen molar-refractivity contribution in [1.29, 1.82) is 0 Å². The van der Waals surface area contributed by atoms with Crippen LogP contribution in [0.3, 0.4) is 0 Å². The van der Waals surface area contributed by atoms with Gasteiger partial charge in [-0.2, -0.15) is 0 Å². The van der Waals surface area contributed by atoms with E-state index in [1.807, 2.05) is 0 Å². The van der Waals surface area contributed by atoms with E-state index in [-0.39, 0.29) is 24.4 Å². The first-order valence-electron chi connectivity index (χ1n) is 6.22. The molecule has 0 heterocycles. The van der Waals surface area contributed by atoms with Crippen LogP contribution in [0.4, 0.5) is 5.69 Å². The van der Waals surface area contributed by atoms with Crippen molar-refractivity contribution >= 4 is 23.6 Å². The normalized spacial score (nSPS) is 9.77. The third-order valence-electron chi connectivity index (χ3n) is 2.86. The number of hydrogen-bond donors (Lipinski definition) is 1. The van der Waals surface area contributed by atoms with Crippen LogP contribution in [0.1, 0.15) is 10.4 Å². The maximum atomic E-state index is 11.5. The number of hydrogen-bond acceptors (Lipinski definition) is 7. The van der Waals surface area contributed by atoms with Crippen molar-refractivity contribution in [2.75, 3.05) is 39.3 Å². The van der Waals surface area contributed by atoms with Crippen LogP contribution in [-0.4, -0.2) is 57.4 Å². The molecule has 1 aromatic carbocycles. The van der Waals surface area contributed by atoms with Gasteiger partial charge in [-0.25, -0.2) is 4.79 Å². The number of ether oxygens (including phenoxy) is 3. The van der Waals surface area contributed by atoms with E-state index >= 15 is 0 Å². The Hall–Kier alpha value is -2.77. The highest BCUT2D eigenvalue weighted by Crippen LogP contribution is 2.29. The zero-order valence-corrected chi connectivity index (χ0v) is 12.5. The Balaban J connectivity index is 3.19. The maximum Gasteiger partial charge on any atom is 0.335 e. The smallest absolute Gasteiger partial charge is 0.335 e. The Morgan fingerprint density at radius 3 is 2.00 bits per heavy atom. The summed E-state index contributed by atoms with van der Waals surface area (Å²) < 4.78 is 14.3. The predicted molar refractivity (Wildman–Crippen MR) is 76.2 cm³/mol. The Bertz CT molecular complexity index is 552. The molecule has 8 nitrogen and oxygen atoms in total. The second-order valence-corrected chi connectivity index (χ2v) is 4.20. The van der Waals surface area contributed by atoms with Gasteiger partial charge in [0.25, 0.3) is 0 Å². The van der Waals surface area contributed by atoms with Crippen LogP contribution in [0.2, 0.25) is 0 Å². The molecule has 0 atom stereocenters. The van der Waals surface area contributed by atoms with Crippen molar-refractivity contribution in [3.05, 3.63) is 23.8 Å². The first-order valence-corrected chi connectivity index (χ1v) is 6.22. The fourth-order valence-corrected chi connectivity index (χ4v) is 1.74. The van der Waals surface area contributed by atoms with Gasteiger partial charge in [-0.05, 0) is 18.2 Å². The molecular weight excluding hydrogens is 294 g/mol. The van der Waals surface area contributed by atoms with E-state index < -0.39 is 17.9 Å². The van der Waals surface area contributed by atoms with Gasteiger partial charge in [0.2, 0.25) is 0 Å². The predicted octanol–water partition coefficient (Wildman–Crippen LogP) is 0.546. The lowest BCUT2D eigenvalue weighted by molar-refractivity contribution is -0.140. The van der Waals surface area contributed by atoms with E-state index in [9.17, 15) is 14.4 Å². The summed E-state index contributed by atoms with van der Waals surface area (Å²) in [6.45, 7) is -0.428. The Morgan fingerprint density at radius 2 is 1.59 bits per heavy atom. The number of carboxylic acid groups (broad SMARTS) is 1. The lowest BCUT2D eigenvalue weighted by atomic mass is 10.1. The average Bonchev–Trinajstić information content (AvgIpc) is 2.52. The van der Waals surface area contributed by atoms with Crippen molar-refractivity contribution in [2.24, 2.45) is 0 Å². The van der Waals surface area contributed by atoms with Gasteiger partial charge in [-0.1, -0.05) is 0 Å². The Labute approximate surface area is 127 Å². The highest BCUT2D eigenvalue weighted by atomic mass is 16.5. The molecule has 0 aromatic heterocycles. The van der Waals surface area contributed by atoms with Crippen LogP contribution in [0, 0.1) is 0 Å². The minimum atomic E-state index is -1.11. The van der Waals surface area contributed by atoms with Crippen LogP contribution in [0.25, 0.3) is 0 Å². The average molecular weight is 311 g/mol. The number of methoxy groups -OCH3 is 3. The fourth-order valence-electron chi connectivity index (χ4n) is 1.74. The zero-order valence-electron chi connectivity index (χ0n) is 12.5. The molecular formula is C14H17NO7. The molecule has 0 fully saturated rings. The molecule has 1 aromatic rings. The molecule has 1 rings (SSSR count). The second-order valence-electron chi connectivity index (χ2n) is 4.20. The van der Waals surface area contributed by atoms with Gasteiger partial charge in [-0.3, -0.25) is 9.59 Å². The number of carboxylic acids is 1. The number of aromatic carboxylic acids is 1. The molecule has 0 aliphatic carbocycles. The first kappa shape index (κ1) is 17.3. The minimum absolute atomic E-state index is 0.0247. The van der Waals surface area contributed by atoms with E-state index in [2.05, 4.69) is 9.47 Å². The van der Waals surface area contributed by atoms with Crippen LogP contribution in [-0.2, 0) is 19.1 Å². The van der Waals surface area contributed by atoms with Crippen molar-refractivity contribution in [1.82, 2.24) is 0 Å². The first-order chi connectivity index (χ1) is 10.4. The van der Waals surface area contributed by atoms with E-state index in [1.165, 1.54) is 44.4 Å². The van der Waals surface area contributed by atoms with Gasteiger partial charge in [0.1, 0.15) is 18.8 Å². The summed E-state index contributed by atoms with van der Waals surface area (Å²) in [5, 5.41) is 8.98. The number of benzene rings is 1. The lowest BCUT2D eigenvalue weighted by Gasteiger charge is -2.24. The van der Waals surface area contributed by atoms with Gasteiger partial charge in [0.15, 0.2) is 0 Å². The molecule has 0 bridgehead atoms. The van der Waals surface area contributed by atoms with Crippen molar-refractivity contribution in [3.8, 4) is 5.75 Å². The fraction of sp³-hybridized carbons (Fsp3) is 0.357. The quantitative estimate of drug-likeness (QED) is 0.728. The highest BCUT2D eigenvalue weighted by Gasteiger charge is 2.20. The zero-order chi connectivity index (χ0) is 16.7. The SMILES string of the molecule is COC(=O)CN(CC(=O)OC)c1ccc(C(=O)O)cc1OC. The molecule has 1 N–H and O–H groups in total. The summed E-state index contributed by atoms with van der Waals surface area (Å²) in [6, 6.07) is 4.11. The van der Waals surface area contributed by atoms with Crippen LogP contribution in [0.15, 0.2) is 18.2 Å². The Kier molecular flexibility index (Phi) is 6.18. The van der Waals surface area contributed by atoms with E-state index in [0.29, 0.717) is 5.69 Å². The molecule has 22 heavy (non-hydrogen) atoms. The molecule has 120 valence electrons. The Morgan fingerprint density at radius 1 is 1.05 bits per heavy atom. The molecule has 0 unspecified atom stereocenters. The van der Waals surface area contributed by atoms with Gasteiger partial charge >= 0.3 is 17.9 Å². The number of rotatable bonds is 7. The number of anilines is 1. The number of carbonyl (C=O) groups excluding carboxylic acids is 2. The number of carbonyl (C=O) groups is 3. The topological polar surface area (TPSA) is 102 Å².